The number of thiocarbonyl (C=S) groups is 1. The number of nitrogens with zero attached hydrogens (tertiary/aromatic N) is 1. The maximum absolute atomic E-state index is 13.0. The number of carbonyl (C=O) groups excluding carboxylic acids is 1. The molecule has 2 aromatic carbocycles. The number of benzene rings is 2. The first-order chi connectivity index (χ1) is 14.2. The van der Waals surface area contributed by atoms with Crippen molar-refractivity contribution >= 4 is 57.9 Å². The SMILES string of the molecule is COc1ccc(C=C2SC(=S)N(c3cc(C(=O)O)cc(C(=O)O)c3)C2=O)cc1OC. The second-order valence-corrected chi connectivity index (χ2v) is 7.69. The third-order valence-electron chi connectivity index (χ3n) is 4.17. The second kappa shape index (κ2) is 8.56. The summed E-state index contributed by atoms with van der Waals surface area (Å²) in [6.07, 6.45) is 1.61. The zero-order chi connectivity index (χ0) is 22.0. The molecule has 10 heteroatoms. The lowest BCUT2D eigenvalue weighted by molar-refractivity contribution is -0.113. The van der Waals surface area contributed by atoms with Crippen LogP contribution >= 0.6 is 24.0 Å². The number of methoxy groups -OCH3 is 2. The Bertz CT molecular complexity index is 1080. The van der Waals surface area contributed by atoms with Crippen molar-refractivity contribution in [3.8, 4) is 11.5 Å². The van der Waals surface area contributed by atoms with Gasteiger partial charge in [-0.3, -0.25) is 9.69 Å². The van der Waals surface area contributed by atoms with E-state index in [0.717, 1.165) is 22.7 Å². The Kier molecular flexibility index (Phi) is 6.09. The van der Waals surface area contributed by atoms with Gasteiger partial charge in [0.25, 0.3) is 5.91 Å². The van der Waals surface area contributed by atoms with E-state index < -0.39 is 17.8 Å². The summed E-state index contributed by atoms with van der Waals surface area (Å²) in [5.74, 6) is -2.09. The predicted molar refractivity (Wildman–Crippen MR) is 116 cm³/mol. The molecule has 1 aliphatic heterocycles. The van der Waals surface area contributed by atoms with E-state index in [2.05, 4.69) is 0 Å². The molecule has 1 amide bonds. The van der Waals surface area contributed by atoms with Gasteiger partial charge in [0.15, 0.2) is 15.8 Å². The van der Waals surface area contributed by atoms with Crippen LogP contribution in [0.3, 0.4) is 0 Å². The molecule has 0 radical (unpaired) electrons. The largest absolute Gasteiger partial charge is 0.493 e. The first-order valence-corrected chi connectivity index (χ1v) is 9.59. The van der Waals surface area contributed by atoms with Crippen molar-refractivity contribution in [3.63, 3.8) is 0 Å². The number of amides is 1. The first-order valence-electron chi connectivity index (χ1n) is 8.36. The molecule has 1 aliphatic rings. The molecule has 0 bridgehead atoms. The van der Waals surface area contributed by atoms with Crippen molar-refractivity contribution in [2.24, 2.45) is 0 Å². The zero-order valence-corrected chi connectivity index (χ0v) is 17.4. The third kappa shape index (κ3) is 4.14. The number of aromatic carboxylic acids is 2. The van der Waals surface area contributed by atoms with Gasteiger partial charge in [0.1, 0.15) is 0 Å². The molecule has 154 valence electrons. The van der Waals surface area contributed by atoms with Crippen molar-refractivity contribution < 1.29 is 34.1 Å². The fourth-order valence-corrected chi connectivity index (χ4v) is 4.07. The molecule has 1 fully saturated rings. The van der Waals surface area contributed by atoms with Crippen LogP contribution in [-0.4, -0.2) is 46.6 Å². The van der Waals surface area contributed by atoms with Crippen LogP contribution in [0.25, 0.3) is 6.08 Å². The van der Waals surface area contributed by atoms with Gasteiger partial charge in [0.2, 0.25) is 0 Å². The Balaban J connectivity index is 2.00. The maximum atomic E-state index is 13.0. The number of hydrogen-bond donors (Lipinski definition) is 2. The van der Waals surface area contributed by atoms with Gasteiger partial charge in [-0.25, -0.2) is 9.59 Å². The molecule has 8 nitrogen and oxygen atoms in total. The number of carboxylic acids is 2. The summed E-state index contributed by atoms with van der Waals surface area (Å²) in [6, 6.07) is 8.56. The Morgan fingerprint density at radius 2 is 1.60 bits per heavy atom. The van der Waals surface area contributed by atoms with E-state index in [1.165, 1.54) is 26.4 Å². The Morgan fingerprint density at radius 3 is 2.13 bits per heavy atom. The van der Waals surface area contributed by atoms with Gasteiger partial charge >= 0.3 is 11.9 Å². The molecule has 0 atom stereocenters. The third-order valence-corrected chi connectivity index (χ3v) is 5.47. The Morgan fingerprint density at radius 1 is 1.00 bits per heavy atom. The number of ether oxygens (including phenoxy) is 2. The standard InChI is InChI=1S/C20H15NO7S2/c1-27-14-4-3-10(5-15(14)28-2)6-16-17(22)21(20(29)30-16)13-8-11(18(23)24)7-12(9-13)19(25)26/h3-9H,1-2H3,(H,23,24)(H,25,26). The van der Waals surface area contributed by atoms with Crippen LogP contribution in [0.4, 0.5) is 5.69 Å². The monoisotopic (exact) mass is 445 g/mol. The van der Waals surface area contributed by atoms with E-state index in [9.17, 15) is 24.6 Å². The Hall–Kier alpha value is -3.37. The normalized spacial score (nSPS) is 14.9. The fraction of sp³-hybridized carbons (Fsp3) is 0.100. The average molecular weight is 445 g/mol. The van der Waals surface area contributed by atoms with Gasteiger partial charge in [0, 0.05) is 0 Å². The quantitative estimate of drug-likeness (QED) is 0.509. The first kappa shape index (κ1) is 21.3. The van der Waals surface area contributed by atoms with E-state index in [1.54, 1.807) is 24.3 Å². The molecule has 2 aromatic rings. The predicted octanol–water partition coefficient (Wildman–Crippen LogP) is 3.51. The van der Waals surface area contributed by atoms with Crippen molar-refractivity contribution in [1.82, 2.24) is 0 Å². The molecule has 0 aromatic heterocycles. The molecular weight excluding hydrogens is 430 g/mol. The van der Waals surface area contributed by atoms with Crippen molar-refractivity contribution in [2.45, 2.75) is 0 Å². The molecule has 0 aliphatic carbocycles. The summed E-state index contributed by atoms with van der Waals surface area (Å²) in [4.78, 5) is 37.1. The molecule has 30 heavy (non-hydrogen) atoms. The van der Waals surface area contributed by atoms with Crippen molar-refractivity contribution in [3.05, 3.63) is 58.0 Å². The van der Waals surface area contributed by atoms with Crippen LogP contribution in [0.15, 0.2) is 41.3 Å². The zero-order valence-electron chi connectivity index (χ0n) is 15.7. The van der Waals surface area contributed by atoms with Gasteiger partial charge in [-0.15, -0.1) is 0 Å². The lowest BCUT2D eigenvalue weighted by atomic mass is 10.1. The molecular formula is C20H15NO7S2. The van der Waals surface area contributed by atoms with E-state index in [4.69, 9.17) is 21.7 Å². The minimum atomic E-state index is -1.31. The minimum Gasteiger partial charge on any atom is -0.493 e. The number of thioether (sulfide) groups is 1. The number of carboxylic acid groups (broad SMARTS) is 2. The number of carbonyl (C=O) groups is 3. The van der Waals surface area contributed by atoms with Crippen LogP contribution in [0.1, 0.15) is 26.3 Å². The topological polar surface area (TPSA) is 113 Å². The van der Waals surface area contributed by atoms with E-state index in [1.807, 2.05) is 0 Å². The number of rotatable bonds is 6. The minimum absolute atomic E-state index is 0.0745. The fourth-order valence-electron chi connectivity index (χ4n) is 2.77. The smallest absolute Gasteiger partial charge is 0.335 e. The summed E-state index contributed by atoms with van der Waals surface area (Å²) in [6.45, 7) is 0. The van der Waals surface area contributed by atoms with Crippen LogP contribution in [-0.2, 0) is 4.79 Å². The highest BCUT2D eigenvalue weighted by Gasteiger charge is 2.34. The van der Waals surface area contributed by atoms with Crippen LogP contribution in [0.2, 0.25) is 0 Å². The summed E-state index contributed by atoms with van der Waals surface area (Å²) in [7, 11) is 3.01. The number of anilines is 1. The second-order valence-electron chi connectivity index (χ2n) is 6.01. The maximum Gasteiger partial charge on any atom is 0.335 e. The van der Waals surface area contributed by atoms with Gasteiger partial charge in [-0.2, -0.15) is 0 Å². The van der Waals surface area contributed by atoms with Crippen LogP contribution < -0.4 is 14.4 Å². The average Bonchev–Trinajstić information content (AvgIpc) is 3.00. The summed E-state index contributed by atoms with van der Waals surface area (Å²) >= 11 is 6.31. The van der Waals surface area contributed by atoms with E-state index in [-0.39, 0.29) is 21.1 Å². The highest BCUT2D eigenvalue weighted by atomic mass is 32.2. The molecule has 0 saturated carbocycles. The summed E-state index contributed by atoms with van der Waals surface area (Å²) in [5.41, 5.74) is 0.217. The highest BCUT2D eigenvalue weighted by molar-refractivity contribution is 8.27. The summed E-state index contributed by atoms with van der Waals surface area (Å²) < 4.78 is 10.6. The molecule has 1 heterocycles. The van der Waals surface area contributed by atoms with Gasteiger partial charge in [-0.05, 0) is 42.0 Å². The molecule has 1 saturated heterocycles. The Labute approximate surface area is 180 Å². The molecule has 3 rings (SSSR count). The summed E-state index contributed by atoms with van der Waals surface area (Å²) in [5, 5.41) is 18.5. The number of hydrogen-bond acceptors (Lipinski definition) is 7. The van der Waals surface area contributed by atoms with Gasteiger partial charge < -0.3 is 19.7 Å². The van der Waals surface area contributed by atoms with Gasteiger partial charge in [0.05, 0.1) is 35.9 Å². The van der Waals surface area contributed by atoms with Crippen molar-refractivity contribution in [1.29, 1.82) is 0 Å². The van der Waals surface area contributed by atoms with E-state index in [0.29, 0.717) is 22.0 Å². The van der Waals surface area contributed by atoms with Crippen LogP contribution in [0, 0.1) is 0 Å². The molecule has 0 unspecified atom stereocenters. The lowest BCUT2D eigenvalue weighted by Crippen LogP contribution is -2.28. The van der Waals surface area contributed by atoms with Gasteiger partial charge in [-0.1, -0.05) is 30.0 Å². The van der Waals surface area contributed by atoms with E-state index >= 15 is 0 Å². The lowest BCUT2D eigenvalue weighted by Gasteiger charge is -2.16. The van der Waals surface area contributed by atoms with Crippen LogP contribution in [0.5, 0.6) is 11.5 Å². The molecule has 0 spiro atoms. The molecule has 2 N–H and O–H groups in total. The highest BCUT2D eigenvalue weighted by Crippen LogP contribution is 2.37. The van der Waals surface area contributed by atoms with Crippen molar-refractivity contribution in [2.75, 3.05) is 19.1 Å².